The van der Waals surface area contributed by atoms with Crippen LogP contribution in [0.5, 0.6) is 5.75 Å². The Bertz CT molecular complexity index is 900. The second kappa shape index (κ2) is 7.72. The van der Waals surface area contributed by atoms with Crippen LogP contribution >= 0.6 is 11.6 Å². The number of nitrogens with one attached hydrogen (secondary N) is 1. The minimum Gasteiger partial charge on any atom is -0.482 e. The Morgan fingerprint density at radius 2 is 1.96 bits per heavy atom. The van der Waals surface area contributed by atoms with Crippen LogP contribution in [0.2, 0.25) is 5.02 Å². The molecule has 3 aromatic rings. The average molecular weight is 360 g/mol. The summed E-state index contributed by atoms with van der Waals surface area (Å²) in [5.74, 6) is 0.00398. The summed E-state index contributed by atoms with van der Waals surface area (Å²) < 4.78 is 15.7. The van der Waals surface area contributed by atoms with Gasteiger partial charge in [0.05, 0.1) is 12.8 Å². The predicted molar refractivity (Wildman–Crippen MR) is 90.6 cm³/mol. The zero-order valence-electron chi connectivity index (χ0n) is 13.0. The molecule has 0 fully saturated rings. The second-order valence-corrected chi connectivity index (χ2v) is 5.59. The summed E-state index contributed by atoms with van der Waals surface area (Å²) in [5, 5.41) is 3.21. The number of hydrogen-bond donors (Lipinski definition) is 1. The van der Waals surface area contributed by atoms with E-state index in [1.54, 1.807) is 36.4 Å². The summed E-state index contributed by atoms with van der Waals surface area (Å²) in [6.07, 6.45) is 2.63. The van der Waals surface area contributed by atoms with Crippen LogP contribution in [0.25, 0.3) is 0 Å². The molecular weight excluding hydrogens is 346 g/mol. The van der Waals surface area contributed by atoms with E-state index in [0.717, 1.165) is 17.9 Å². The highest BCUT2D eigenvalue weighted by molar-refractivity contribution is 6.30. The largest absolute Gasteiger partial charge is 0.482 e. The molecule has 0 aliphatic rings. The third-order valence-corrected chi connectivity index (χ3v) is 3.58. The van der Waals surface area contributed by atoms with Gasteiger partial charge in [-0.3, -0.25) is 9.59 Å². The lowest BCUT2D eigenvalue weighted by Crippen LogP contribution is -2.23. The summed E-state index contributed by atoms with van der Waals surface area (Å²) in [6.45, 7) is 0.385. The molecule has 1 aromatic carbocycles. The molecule has 0 radical (unpaired) electrons. The van der Waals surface area contributed by atoms with E-state index in [0.29, 0.717) is 10.8 Å². The Labute approximate surface area is 148 Å². The number of halogens is 1. The molecule has 128 valence electrons. The maximum absolute atomic E-state index is 12.0. The number of carbonyl (C=O) groups is 1. The summed E-state index contributed by atoms with van der Waals surface area (Å²) in [6, 6.07) is 11.6. The Morgan fingerprint density at radius 3 is 2.64 bits per heavy atom. The molecule has 0 aliphatic heterocycles. The van der Waals surface area contributed by atoms with Gasteiger partial charge in [-0.05, 0) is 29.8 Å². The smallest absolute Gasteiger partial charge is 0.287 e. The van der Waals surface area contributed by atoms with Crippen molar-refractivity contribution in [1.82, 2.24) is 5.32 Å². The van der Waals surface area contributed by atoms with Crippen molar-refractivity contribution in [3.05, 3.63) is 87.3 Å². The first-order chi connectivity index (χ1) is 12.1. The topological polar surface area (TPSA) is 81.7 Å². The standard InChI is InChI=1S/C18H14ClNO5/c19-13-5-3-12(4-6-13)10-24-17-11-25-16(8-15(17)21)18(22)20-9-14-2-1-7-23-14/h1-8,11H,9-10H2,(H,20,22). The number of amides is 1. The molecule has 1 amide bonds. The number of ether oxygens (including phenoxy) is 1. The molecule has 6 nitrogen and oxygen atoms in total. The molecule has 7 heteroatoms. The minimum absolute atomic E-state index is 0.0255. The second-order valence-electron chi connectivity index (χ2n) is 5.15. The Hall–Kier alpha value is -2.99. The zero-order chi connectivity index (χ0) is 17.6. The summed E-state index contributed by atoms with van der Waals surface area (Å²) in [4.78, 5) is 24.0. The Kier molecular flexibility index (Phi) is 5.20. The lowest BCUT2D eigenvalue weighted by atomic mass is 10.2. The fraction of sp³-hybridized carbons (Fsp3) is 0.111. The van der Waals surface area contributed by atoms with Crippen LogP contribution in [0.3, 0.4) is 0 Å². The molecule has 0 unspecified atom stereocenters. The highest BCUT2D eigenvalue weighted by Crippen LogP contribution is 2.12. The zero-order valence-corrected chi connectivity index (χ0v) is 13.8. The first-order valence-corrected chi connectivity index (χ1v) is 7.80. The summed E-state index contributed by atoms with van der Waals surface area (Å²) in [5.41, 5.74) is 0.410. The van der Waals surface area contributed by atoms with Gasteiger partial charge < -0.3 is 18.9 Å². The van der Waals surface area contributed by atoms with Crippen molar-refractivity contribution in [3.8, 4) is 5.75 Å². The lowest BCUT2D eigenvalue weighted by molar-refractivity contribution is 0.0916. The number of benzene rings is 1. The predicted octanol–water partition coefficient (Wildman–Crippen LogP) is 3.40. The van der Waals surface area contributed by atoms with Gasteiger partial charge in [-0.25, -0.2) is 0 Å². The highest BCUT2D eigenvalue weighted by atomic mass is 35.5. The van der Waals surface area contributed by atoms with Crippen molar-refractivity contribution in [3.63, 3.8) is 0 Å². The molecule has 0 aliphatic carbocycles. The van der Waals surface area contributed by atoms with Crippen molar-refractivity contribution in [2.24, 2.45) is 0 Å². The van der Waals surface area contributed by atoms with E-state index in [-0.39, 0.29) is 24.7 Å². The van der Waals surface area contributed by atoms with Crippen LogP contribution in [0.1, 0.15) is 21.9 Å². The number of furan rings is 1. The van der Waals surface area contributed by atoms with Gasteiger partial charge in [-0.15, -0.1) is 0 Å². The Morgan fingerprint density at radius 1 is 1.16 bits per heavy atom. The maximum Gasteiger partial charge on any atom is 0.287 e. The van der Waals surface area contributed by atoms with Crippen molar-refractivity contribution < 1.29 is 18.4 Å². The first kappa shape index (κ1) is 16.9. The number of rotatable bonds is 6. The fourth-order valence-corrected chi connectivity index (χ4v) is 2.16. The minimum atomic E-state index is -0.516. The molecule has 25 heavy (non-hydrogen) atoms. The third kappa shape index (κ3) is 4.51. The lowest BCUT2D eigenvalue weighted by Gasteiger charge is -2.06. The summed E-state index contributed by atoms with van der Waals surface area (Å²) >= 11 is 5.81. The molecule has 0 bridgehead atoms. The number of hydrogen-bond acceptors (Lipinski definition) is 5. The van der Waals surface area contributed by atoms with Crippen LogP contribution < -0.4 is 15.5 Å². The van der Waals surface area contributed by atoms with Gasteiger partial charge in [-0.2, -0.15) is 0 Å². The molecule has 0 atom stereocenters. The van der Waals surface area contributed by atoms with Crippen molar-refractivity contribution >= 4 is 17.5 Å². The molecule has 1 N–H and O–H groups in total. The molecule has 0 saturated heterocycles. The molecule has 2 heterocycles. The van der Waals surface area contributed by atoms with E-state index in [4.69, 9.17) is 25.2 Å². The normalized spacial score (nSPS) is 10.4. The van der Waals surface area contributed by atoms with Gasteiger partial charge in [0.25, 0.3) is 5.91 Å². The van der Waals surface area contributed by atoms with E-state index in [1.807, 2.05) is 0 Å². The van der Waals surface area contributed by atoms with E-state index < -0.39 is 11.3 Å². The van der Waals surface area contributed by atoms with Crippen molar-refractivity contribution in [1.29, 1.82) is 0 Å². The molecule has 2 aromatic heterocycles. The van der Waals surface area contributed by atoms with Gasteiger partial charge >= 0.3 is 0 Å². The third-order valence-electron chi connectivity index (χ3n) is 3.33. The SMILES string of the molecule is O=C(NCc1ccco1)c1cc(=O)c(OCc2ccc(Cl)cc2)co1. The number of carbonyl (C=O) groups excluding carboxylic acids is 1. The molecule has 0 spiro atoms. The van der Waals surface area contributed by atoms with Gasteiger partial charge in [0.15, 0.2) is 5.76 Å². The van der Waals surface area contributed by atoms with Gasteiger partial charge in [-0.1, -0.05) is 23.7 Å². The van der Waals surface area contributed by atoms with E-state index in [2.05, 4.69) is 5.32 Å². The van der Waals surface area contributed by atoms with Crippen LogP contribution in [0, 0.1) is 0 Å². The van der Waals surface area contributed by atoms with E-state index in [1.165, 1.54) is 6.26 Å². The average Bonchev–Trinajstić information content (AvgIpc) is 3.13. The van der Waals surface area contributed by atoms with E-state index in [9.17, 15) is 9.59 Å². The van der Waals surface area contributed by atoms with E-state index >= 15 is 0 Å². The van der Waals surface area contributed by atoms with Gasteiger partial charge in [0.1, 0.15) is 18.6 Å². The monoisotopic (exact) mass is 359 g/mol. The van der Waals surface area contributed by atoms with Gasteiger partial charge in [0, 0.05) is 11.1 Å². The van der Waals surface area contributed by atoms with Crippen LogP contribution in [-0.4, -0.2) is 5.91 Å². The Balaban J connectivity index is 1.60. The summed E-state index contributed by atoms with van der Waals surface area (Å²) in [7, 11) is 0. The van der Waals surface area contributed by atoms with Crippen molar-refractivity contribution in [2.45, 2.75) is 13.2 Å². The molecular formula is C18H14ClNO5. The van der Waals surface area contributed by atoms with Crippen LogP contribution in [0.4, 0.5) is 0 Å². The van der Waals surface area contributed by atoms with Crippen molar-refractivity contribution in [2.75, 3.05) is 0 Å². The molecule has 3 rings (SSSR count). The van der Waals surface area contributed by atoms with Gasteiger partial charge in [0.2, 0.25) is 11.2 Å². The van der Waals surface area contributed by atoms with Crippen LogP contribution in [-0.2, 0) is 13.2 Å². The first-order valence-electron chi connectivity index (χ1n) is 7.42. The quantitative estimate of drug-likeness (QED) is 0.729. The van der Waals surface area contributed by atoms with Crippen LogP contribution in [0.15, 0.2) is 68.6 Å². The maximum atomic E-state index is 12.0. The molecule has 0 saturated carbocycles. The highest BCUT2D eigenvalue weighted by Gasteiger charge is 2.12. The fourth-order valence-electron chi connectivity index (χ4n) is 2.03.